The molecular weight excluding hydrogens is 333 g/mol. The molecule has 0 saturated carbocycles. The van der Waals surface area contributed by atoms with Gasteiger partial charge in [0.25, 0.3) is 10.1 Å². The molecule has 2 aromatic rings. The Morgan fingerprint density at radius 3 is 1.29 bits per heavy atom. The molecule has 0 atom stereocenters. The van der Waals surface area contributed by atoms with Gasteiger partial charge in [0.15, 0.2) is 40.7 Å². The molecule has 21 heavy (non-hydrogen) atoms. The zero-order valence-electron chi connectivity index (χ0n) is 9.32. The van der Waals surface area contributed by atoms with Crippen molar-refractivity contribution in [2.75, 3.05) is 0 Å². The average molecular weight is 334 g/mol. The molecule has 0 aromatic heterocycles. The maximum atomic E-state index is 13.5. The average Bonchev–Trinajstić information content (AvgIpc) is 2.38. The van der Waals surface area contributed by atoms with Crippen molar-refractivity contribution in [2.24, 2.45) is 0 Å². The highest BCUT2D eigenvalue weighted by atomic mass is 32.2. The Bertz CT molecular complexity index is 884. The fraction of sp³-hybridized carbons (Fsp3) is 0. The minimum absolute atomic E-state index is 1.98. The van der Waals surface area contributed by atoms with Gasteiger partial charge in [-0.3, -0.25) is 4.55 Å². The molecule has 2 rings (SSSR count). The Labute approximate surface area is 111 Å². The van der Waals surface area contributed by atoms with Gasteiger partial charge in [0.05, 0.1) is 10.8 Å². The summed E-state index contributed by atoms with van der Waals surface area (Å²) in [5, 5.41) is -3.97. The van der Waals surface area contributed by atoms with E-state index in [0.29, 0.717) is 0 Å². The van der Waals surface area contributed by atoms with Crippen molar-refractivity contribution in [3.05, 3.63) is 40.7 Å². The molecule has 0 heterocycles. The normalized spacial score (nSPS) is 12.2. The van der Waals surface area contributed by atoms with E-state index >= 15 is 0 Å². The van der Waals surface area contributed by atoms with Crippen LogP contribution in [0.4, 0.5) is 30.7 Å². The molecule has 0 fully saturated rings. The molecular formula is C10HF7O3S. The summed E-state index contributed by atoms with van der Waals surface area (Å²) < 4.78 is 123. The quantitative estimate of drug-likeness (QED) is 0.377. The summed E-state index contributed by atoms with van der Waals surface area (Å²) in [6, 6.07) is 0. The van der Waals surface area contributed by atoms with Crippen molar-refractivity contribution in [3.8, 4) is 0 Å². The third-order valence-corrected chi connectivity index (χ3v) is 3.46. The highest BCUT2D eigenvalue weighted by Crippen LogP contribution is 2.36. The van der Waals surface area contributed by atoms with Crippen molar-refractivity contribution in [3.63, 3.8) is 0 Å². The van der Waals surface area contributed by atoms with Crippen molar-refractivity contribution < 1.29 is 43.7 Å². The maximum absolute atomic E-state index is 13.5. The second kappa shape index (κ2) is 4.56. The van der Waals surface area contributed by atoms with E-state index in [1.165, 1.54) is 0 Å². The zero-order valence-corrected chi connectivity index (χ0v) is 10.1. The summed E-state index contributed by atoms with van der Waals surface area (Å²) in [4.78, 5) is -2.24. The summed E-state index contributed by atoms with van der Waals surface area (Å²) in [5.74, 6) is -17.8. The summed E-state index contributed by atoms with van der Waals surface area (Å²) >= 11 is 0. The lowest BCUT2D eigenvalue weighted by molar-refractivity contribution is 0.403. The molecule has 0 unspecified atom stereocenters. The van der Waals surface area contributed by atoms with Crippen LogP contribution < -0.4 is 0 Å². The molecule has 0 radical (unpaired) electrons. The van der Waals surface area contributed by atoms with Crippen LogP contribution in [0.2, 0.25) is 0 Å². The Morgan fingerprint density at radius 2 is 0.905 bits per heavy atom. The number of rotatable bonds is 1. The monoisotopic (exact) mass is 334 g/mol. The zero-order chi connectivity index (χ0) is 16.3. The van der Waals surface area contributed by atoms with Gasteiger partial charge in [-0.25, -0.2) is 30.7 Å². The van der Waals surface area contributed by atoms with Crippen LogP contribution in [0.1, 0.15) is 0 Å². The van der Waals surface area contributed by atoms with Gasteiger partial charge in [0.1, 0.15) is 4.90 Å². The molecule has 0 aliphatic rings. The van der Waals surface area contributed by atoms with E-state index in [2.05, 4.69) is 0 Å². The number of hydrogen-bond acceptors (Lipinski definition) is 2. The van der Waals surface area contributed by atoms with Crippen LogP contribution in [-0.4, -0.2) is 13.0 Å². The second-order valence-electron chi connectivity index (χ2n) is 3.75. The number of hydrogen-bond donors (Lipinski definition) is 1. The van der Waals surface area contributed by atoms with Gasteiger partial charge < -0.3 is 0 Å². The second-order valence-corrected chi connectivity index (χ2v) is 5.11. The van der Waals surface area contributed by atoms with Crippen molar-refractivity contribution in [1.82, 2.24) is 0 Å². The van der Waals surface area contributed by atoms with Gasteiger partial charge in [0.2, 0.25) is 0 Å². The molecule has 3 nitrogen and oxygen atoms in total. The molecule has 11 heteroatoms. The third kappa shape index (κ3) is 2.03. The van der Waals surface area contributed by atoms with Gasteiger partial charge in [-0.15, -0.1) is 0 Å². The first-order chi connectivity index (χ1) is 9.50. The van der Waals surface area contributed by atoms with Gasteiger partial charge in [-0.1, -0.05) is 0 Å². The van der Waals surface area contributed by atoms with Crippen molar-refractivity contribution in [2.45, 2.75) is 4.90 Å². The first-order valence-corrected chi connectivity index (χ1v) is 6.23. The molecule has 0 amide bonds. The van der Waals surface area contributed by atoms with Gasteiger partial charge in [0, 0.05) is 0 Å². The first-order valence-electron chi connectivity index (χ1n) is 4.79. The largest absolute Gasteiger partial charge is 0.298 e. The molecule has 1 N–H and O–H groups in total. The smallest absolute Gasteiger partial charge is 0.282 e. The number of benzene rings is 2. The lowest BCUT2D eigenvalue weighted by atomic mass is 10.1. The van der Waals surface area contributed by atoms with Crippen molar-refractivity contribution >= 4 is 20.9 Å². The minimum Gasteiger partial charge on any atom is -0.282 e. The maximum Gasteiger partial charge on any atom is 0.298 e. The number of fused-ring (bicyclic) bond motifs is 1. The standard InChI is InChI=1S/C10HF7O3S/c11-3-1-2(5(13)7(15)6(3)14)10(21(18,19)20)9(17)8(16)4(1)12/h(H,18,19,20). The molecule has 114 valence electrons. The number of halogens is 7. The molecule has 0 aliphatic heterocycles. The molecule has 0 bridgehead atoms. The Kier molecular flexibility index (Phi) is 3.37. The van der Waals surface area contributed by atoms with Crippen LogP contribution in [0, 0.1) is 40.7 Å². The predicted molar refractivity (Wildman–Crippen MR) is 53.5 cm³/mol. The minimum atomic E-state index is -5.75. The summed E-state index contributed by atoms with van der Waals surface area (Å²) in [5.41, 5.74) is 0. The van der Waals surface area contributed by atoms with Crippen LogP contribution in [0.3, 0.4) is 0 Å². The summed E-state index contributed by atoms with van der Waals surface area (Å²) in [6.07, 6.45) is 0. The molecule has 0 saturated heterocycles. The highest BCUT2D eigenvalue weighted by Gasteiger charge is 2.34. The van der Waals surface area contributed by atoms with Crippen LogP contribution >= 0.6 is 0 Å². The lowest BCUT2D eigenvalue weighted by Crippen LogP contribution is -2.11. The highest BCUT2D eigenvalue weighted by molar-refractivity contribution is 7.86. The van der Waals surface area contributed by atoms with Crippen LogP contribution in [-0.2, 0) is 10.1 Å². The van der Waals surface area contributed by atoms with Gasteiger partial charge >= 0.3 is 0 Å². The summed E-state index contributed by atoms with van der Waals surface area (Å²) in [6.45, 7) is 0. The topological polar surface area (TPSA) is 54.4 Å². The van der Waals surface area contributed by atoms with E-state index in [1.807, 2.05) is 0 Å². The Morgan fingerprint density at radius 1 is 0.571 bits per heavy atom. The van der Waals surface area contributed by atoms with E-state index in [-0.39, 0.29) is 0 Å². The third-order valence-electron chi connectivity index (χ3n) is 2.56. The molecule has 0 spiro atoms. The van der Waals surface area contributed by atoms with Crippen molar-refractivity contribution in [1.29, 1.82) is 0 Å². The van der Waals surface area contributed by atoms with Crippen LogP contribution in [0.15, 0.2) is 4.90 Å². The van der Waals surface area contributed by atoms with Crippen LogP contribution in [0.5, 0.6) is 0 Å². The Balaban J connectivity index is 3.35. The molecule has 2 aromatic carbocycles. The fourth-order valence-corrected chi connectivity index (χ4v) is 2.47. The summed E-state index contributed by atoms with van der Waals surface area (Å²) in [7, 11) is -5.75. The fourth-order valence-electron chi connectivity index (χ4n) is 1.71. The Hall–Kier alpha value is -1.88. The van der Waals surface area contributed by atoms with E-state index in [0.717, 1.165) is 0 Å². The van der Waals surface area contributed by atoms with E-state index in [9.17, 15) is 39.2 Å². The van der Waals surface area contributed by atoms with Gasteiger partial charge in [-0.2, -0.15) is 8.42 Å². The first kappa shape index (κ1) is 15.5. The van der Waals surface area contributed by atoms with E-state index < -0.39 is 66.5 Å². The van der Waals surface area contributed by atoms with E-state index in [4.69, 9.17) is 4.55 Å². The van der Waals surface area contributed by atoms with E-state index in [1.54, 1.807) is 0 Å². The predicted octanol–water partition coefficient (Wildman–Crippen LogP) is 3.06. The SMILES string of the molecule is O=S(=O)(O)c1c(F)c(F)c(F)c2c(F)c(F)c(F)c(F)c12. The van der Waals surface area contributed by atoms with Crippen LogP contribution in [0.25, 0.3) is 10.8 Å². The lowest BCUT2D eigenvalue weighted by Gasteiger charge is -2.11. The van der Waals surface area contributed by atoms with Gasteiger partial charge in [-0.05, 0) is 0 Å². The molecule has 0 aliphatic carbocycles.